The summed E-state index contributed by atoms with van der Waals surface area (Å²) in [6.45, 7) is 7.88. The number of imidazole rings is 1. The summed E-state index contributed by atoms with van der Waals surface area (Å²) < 4.78 is 37.3. The fraction of sp³-hybridized carbons (Fsp3) is 0.536. The SMILES string of the molecule is CC(C)C[C@H](N)[C@@](O)(C(=O)[C@H](Cc1ccccc1)NC(=O)OC(C)(C)C)C(F)(F)C(=O)C(=O)C(N)Cc1cnc[nH]1. The minimum absolute atomic E-state index is 0.300. The van der Waals surface area contributed by atoms with Crippen molar-refractivity contribution in [3.05, 3.63) is 54.1 Å². The third-order valence-corrected chi connectivity index (χ3v) is 6.25. The van der Waals surface area contributed by atoms with Crippen molar-refractivity contribution >= 4 is 23.4 Å². The number of rotatable bonds is 14. The molecule has 11 nitrogen and oxygen atoms in total. The third kappa shape index (κ3) is 8.47. The quantitative estimate of drug-likeness (QED) is 0.208. The molecule has 41 heavy (non-hydrogen) atoms. The average molecular weight is 580 g/mol. The van der Waals surface area contributed by atoms with Crippen LogP contribution in [0.5, 0.6) is 0 Å². The molecule has 0 aliphatic carbocycles. The highest BCUT2D eigenvalue weighted by atomic mass is 19.3. The van der Waals surface area contributed by atoms with E-state index < -0.39 is 64.6 Å². The van der Waals surface area contributed by atoms with Crippen LogP contribution in [0.4, 0.5) is 13.6 Å². The van der Waals surface area contributed by atoms with Gasteiger partial charge in [0.1, 0.15) is 5.60 Å². The lowest BCUT2D eigenvalue weighted by Gasteiger charge is -2.40. The zero-order valence-electron chi connectivity index (χ0n) is 23.8. The summed E-state index contributed by atoms with van der Waals surface area (Å²) >= 11 is 0. The molecular weight excluding hydrogens is 540 g/mol. The maximum atomic E-state index is 16.1. The summed E-state index contributed by atoms with van der Waals surface area (Å²) in [5.41, 5.74) is 7.61. The van der Waals surface area contributed by atoms with Crippen LogP contribution in [0.1, 0.15) is 52.3 Å². The summed E-state index contributed by atoms with van der Waals surface area (Å²) in [5.74, 6) is -11.2. The second-order valence-corrected chi connectivity index (χ2v) is 11.4. The van der Waals surface area contributed by atoms with Gasteiger partial charge in [0.2, 0.25) is 11.4 Å². The molecule has 0 spiro atoms. The van der Waals surface area contributed by atoms with Crippen LogP contribution in [-0.2, 0) is 32.0 Å². The van der Waals surface area contributed by atoms with Crippen LogP contribution in [0.25, 0.3) is 0 Å². The number of ether oxygens (including phenoxy) is 1. The lowest BCUT2D eigenvalue weighted by Crippen LogP contribution is -2.72. The molecule has 4 atom stereocenters. The van der Waals surface area contributed by atoms with Crippen molar-refractivity contribution in [1.82, 2.24) is 15.3 Å². The summed E-state index contributed by atoms with van der Waals surface area (Å²) in [6.07, 6.45) is 0.429. The topological polar surface area (TPSA) is 190 Å². The lowest BCUT2D eigenvalue weighted by atomic mass is 9.74. The first-order chi connectivity index (χ1) is 18.9. The lowest BCUT2D eigenvalue weighted by molar-refractivity contribution is -0.202. The van der Waals surface area contributed by atoms with Crippen molar-refractivity contribution in [3.63, 3.8) is 0 Å². The van der Waals surface area contributed by atoms with E-state index in [4.69, 9.17) is 16.2 Å². The van der Waals surface area contributed by atoms with E-state index in [0.717, 1.165) is 0 Å². The zero-order valence-corrected chi connectivity index (χ0v) is 23.8. The van der Waals surface area contributed by atoms with E-state index in [1.165, 1.54) is 12.5 Å². The molecule has 0 bridgehead atoms. The average Bonchev–Trinajstić information content (AvgIpc) is 3.38. The van der Waals surface area contributed by atoms with Gasteiger partial charge in [-0.1, -0.05) is 44.2 Å². The standard InChI is InChI=1S/C28H39F2N5O6/c1-16(2)11-21(32)27(40,28(29,30)24(38)22(36)19(31)13-18-14-33-15-34-18)23(37)20(12-17-9-7-6-8-10-17)35-25(39)41-26(3,4)5/h6-10,14-16,19-21,40H,11-13,31-32H2,1-5H3,(H,33,34)(H,35,39)/t19?,20-,21-,27+/m0/s1. The van der Waals surface area contributed by atoms with E-state index in [1.54, 1.807) is 65.0 Å². The van der Waals surface area contributed by atoms with Gasteiger partial charge in [-0.2, -0.15) is 8.78 Å². The van der Waals surface area contributed by atoms with Gasteiger partial charge in [-0.15, -0.1) is 0 Å². The van der Waals surface area contributed by atoms with E-state index in [2.05, 4.69) is 15.3 Å². The van der Waals surface area contributed by atoms with E-state index in [-0.39, 0.29) is 19.3 Å². The number of carbonyl (C=O) groups is 4. The molecular formula is C28H39F2N5O6. The number of aliphatic hydroxyl groups is 1. The Morgan fingerprint density at radius 2 is 1.68 bits per heavy atom. The summed E-state index contributed by atoms with van der Waals surface area (Å²) in [6, 6.07) is 2.53. The van der Waals surface area contributed by atoms with Gasteiger partial charge in [-0.3, -0.25) is 14.4 Å². The van der Waals surface area contributed by atoms with Crippen molar-refractivity contribution in [2.75, 3.05) is 0 Å². The highest BCUT2D eigenvalue weighted by Gasteiger charge is 2.68. The molecule has 226 valence electrons. The van der Waals surface area contributed by atoms with Crippen LogP contribution < -0.4 is 16.8 Å². The zero-order chi connectivity index (χ0) is 31.2. The number of nitrogens with one attached hydrogen (secondary N) is 2. The molecule has 0 radical (unpaired) electrons. The second-order valence-electron chi connectivity index (χ2n) is 11.4. The molecule has 1 aromatic carbocycles. The fourth-order valence-electron chi connectivity index (χ4n) is 4.25. The molecule has 7 N–H and O–H groups in total. The molecule has 0 saturated heterocycles. The predicted molar refractivity (Wildman–Crippen MR) is 146 cm³/mol. The maximum Gasteiger partial charge on any atom is 0.408 e. The number of alkyl halides is 2. The minimum atomic E-state index is -5.01. The molecule has 1 aromatic heterocycles. The monoisotopic (exact) mass is 579 g/mol. The molecule has 2 rings (SSSR count). The molecule has 1 amide bonds. The van der Waals surface area contributed by atoms with Gasteiger partial charge in [0.15, 0.2) is 5.78 Å². The van der Waals surface area contributed by atoms with Gasteiger partial charge >= 0.3 is 12.0 Å². The Labute approximate surface area is 237 Å². The van der Waals surface area contributed by atoms with Crippen LogP contribution in [0.3, 0.4) is 0 Å². The number of alkyl carbamates (subject to hydrolysis) is 1. The first-order valence-corrected chi connectivity index (χ1v) is 13.1. The van der Waals surface area contributed by atoms with Crippen molar-refractivity contribution in [2.45, 2.75) is 89.1 Å². The van der Waals surface area contributed by atoms with Gasteiger partial charge in [-0.25, -0.2) is 9.78 Å². The Hall–Kier alpha value is -3.55. The summed E-state index contributed by atoms with van der Waals surface area (Å²) in [7, 11) is 0. The highest BCUT2D eigenvalue weighted by molar-refractivity contribution is 6.42. The molecule has 0 aliphatic rings. The first-order valence-electron chi connectivity index (χ1n) is 13.1. The van der Waals surface area contributed by atoms with Gasteiger partial charge < -0.3 is 31.6 Å². The maximum absolute atomic E-state index is 16.1. The van der Waals surface area contributed by atoms with Gasteiger partial charge in [0.05, 0.1) is 18.4 Å². The van der Waals surface area contributed by atoms with E-state index in [0.29, 0.717) is 11.3 Å². The largest absolute Gasteiger partial charge is 0.444 e. The Bertz CT molecular complexity index is 1200. The minimum Gasteiger partial charge on any atom is -0.444 e. The molecule has 0 fully saturated rings. The van der Waals surface area contributed by atoms with Crippen LogP contribution in [-0.4, -0.2) is 73.8 Å². The number of amides is 1. The Kier molecular flexibility index (Phi) is 11.0. The van der Waals surface area contributed by atoms with E-state index >= 15 is 8.78 Å². The summed E-state index contributed by atoms with van der Waals surface area (Å²) in [5, 5.41) is 13.8. The van der Waals surface area contributed by atoms with Gasteiger partial charge in [0, 0.05) is 24.4 Å². The smallest absolute Gasteiger partial charge is 0.408 e. The normalized spacial score (nSPS) is 15.9. The number of nitrogens with two attached hydrogens (primary N) is 2. The number of aromatic nitrogens is 2. The van der Waals surface area contributed by atoms with E-state index in [1.807, 2.05) is 0 Å². The number of benzene rings is 1. The second kappa shape index (κ2) is 13.4. The van der Waals surface area contributed by atoms with E-state index in [9.17, 15) is 24.3 Å². The molecule has 0 saturated carbocycles. The molecule has 13 heteroatoms. The number of halogens is 2. The van der Waals surface area contributed by atoms with Crippen molar-refractivity contribution < 1.29 is 37.8 Å². The number of hydrogen-bond donors (Lipinski definition) is 5. The van der Waals surface area contributed by atoms with Gasteiger partial charge in [0.25, 0.3) is 5.78 Å². The number of ketones is 3. The van der Waals surface area contributed by atoms with Crippen LogP contribution in [0.2, 0.25) is 0 Å². The molecule has 2 aromatic rings. The highest BCUT2D eigenvalue weighted by Crippen LogP contribution is 2.37. The fourth-order valence-corrected chi connectivity index (χ4v) is 4.25. The first kappa shape index (κ1) is 33.7. The number of aromatic amines is 1. The van der Waals surface area contributed by atoms with Crippen molar-refractivity contribution in [1.29, 1.82) is 0 Å². The Morgan fingerprint density at radius 3 is 2.20 bits per heavy atom. The summed E-state index contributed by atoms with van der Waals surface area (Å²) in [4.78, 5) is 58.7. The number of hydrogen-bond acceptors (Lipinski definition) is 9. The van der Waals surface area contributed by atoms with Crippen LogP contribution in [0.15, 0.2) is 42.9 Å². The number of H-pyrrole nitrogens is 1. The van der Waals surface area contributed by atoms with Crippen molar-refractivity contribution in [2.24, 2.45) is 17.4 Å². The van der Waals surface area contributed by atoms with Crippen molar-refractivity contribution in [3.8, 4) is 0 Å². The van der Waals surface area contributed by atoms with Crippen LogP contribution in [0, 0.1) is 5.92 Å². The Balaban J connectivity index is 2.54. The van der Waals surface area contributed by atoms with Crippen LogP contribution >= 0.6 is 0 Å². The number of carbonyl (C=O) groups excluding carboxylic acids is 4. The molecule has 1 heterocycles. The van der Waals surface area contributed by atoms with Gasteiger partial charge in [-0.05, 0) is 45.1 Å². The number of nitrogens with zero attached hydrogens (tertiary/aromatic N) is 1. The third-order valence-electron chi connectivity index (χ3n) is 6.25. The number of Topliss-reactive ketones (excluding diaryl/α,β-unsaturated/α-hetero) is 3. The molecule has 1 unspecified atom stereocenters. The molecule has 0 aliphatic heterocycles. The Morgan fingerprint density at radius 1 is 1.07 bits per heavy atom. The predicted octanol–water partition coefficient (Wildman–Crippen LogP) is 1.86.